The van der Waals surface area contributed by atoms with Gasteiger partial charge in [0.25, 0.3) is 0 Å². The maximum absolute atomic E-state index is 11.9. The lowest BCUT2D eigenvalue weighted by atomic mass is 10.3. The summed E-state index contributed by atoms with van der Waals surface area (Å²) in [5.74, 6) is 0.944. The van der Waals surface area contributed by atoms with Gasteiger partial charge in [-0.15, -0.1) is 11.8 Å². The zero-order chi connectivity index (χ0) is 13.5. The number of carbonyl (C=O) groups is 1. The van der Waals surface area contributed by atoms with Crippen molar-refractivity contribution in [3.05, 3.63) is 5.56 Å². The molecule has 1 aromatic rings. The highest BCUT2D eigenvalue weighted by atomic mass is 32.2. The highest BCUT2D eigenvalue weighted by molar-refractivity contribution is 7.99. The molecule has 1 heterocycles. The third-order valence-corrected chi connectivity index (χ3v) is 3.49. The maximum Gasteiger partial charge on any atom is 0.344 e. The van der Waals surface area contributed by atoms with Crippen molar-refractivity contribution in [2.24, 2.45) is 0 Å². The minimum Gasteiger partial charge on any atom is -0.462 e. The molecule has 0 bridgehead atoms. The summed E-state index contributed by atoms with van der Waals surface area (Å²) in [6.07, 6.45) is 1.94. The number of aryl methyl sites for hydroxylation is 1. The zero-order valence-corrected chi connectivity index (χ0v) is 12.0. The van der Waals surface area contributed by atoms with Gasteiger partial charge in [0, 0.05) is 6.54 Å². The van der Waals surface area contributed by atoms with Gasteiger partial charge in [0.1, 0.15) is 16.4 Å². The SMILES string of the molecule is CCCSc1nn(CCC)c(N)c1C(=O)OCC. The minimum absolute atomic E-state index is 0.342. The lowest BCUT2D eigenvalue weighted by molar-refractivity contribution is 0.0523. The Labute approximate surface area is 112 Å². The average Bonchev–Trinajstić information content (AvgIpc) is 2.64. The average molecular weight is 271 g/mol. The molecule has 1 rings (SSSR count). The molecule has 0 saturated heterocycles. The van der Waals surface area contributed by atoms with Gasteiger partial charge in [-0.1, -0.05) is 13.8 Å². The number of anilines is 1. The summed E-state index contributed by atoms with van der Waals surface area (Å²) in [5, 5.41) is 5.08. The number of thioether (sulfide) groups is 1. The molecule has 0 aromatic carbocycles. The molecule has 0 aliphatic heterocycles. The number of ether oxygens (including phenoxy) is 1. The van der Waals surface area contributed by atoms with Crippen molar-refractivity contribution in [3.63, 3.8) is 0 Å². The molecule has 0 atom stereocenters. The van der Waals surface area contributed by atoms with Crippen molar-refractivity contribution in [1.29, 1.82) is 0 Å². The number of esters is 1. The van der Waals surface area contributed by atoms with E-state index < -0.39 is 0 Å². The van der Waals surface area contributed by atoms with Crippen molar-refractivity contribution in [2.75, 3.05) is 18.1 Å². The fourth-order valence-electron chi connectivity index (χ4n) is 1.53. The van der Waals surface area contributed by atoms with Crippen molar-refractivity contribution >= 4 is 23.5 Å². The van der Waals surface area contributed by atoms with E-state index in [0.29, 0.717) is 29.6 Å². The van der Waals surface area contributed by atoms with Gasteiger partial charge in [0.05, 0.1) is 6.61 Å². The number of carbonyl (C=O) groups excluding carboxylic acids is 1. The van der Waals surface area contributed by atoms with E-state index in [-0.39, 0.29) is 5.97 Å². The number of hydrogen-bond donors (Lipinski definition) is 1. The van der Waals surface area contributed by atoms with Gasteiger partial charge in [-0.25, -0.2) is 9.48 Å². The second kappa shape index (κ2) is 7.31. The van der Waals surface area contributed by atoms with Gasteiger partial charge in [-0.2, -0.15) is 5.10 Å². The number of nitrogens with two attached hydrogens (primary N) is 1. The number of nitrogen functional groups attached to an aromatic ring is 1. The fourth-order valence-corrected chi connectivity index (χ4v) is 2.42. The van der Waals surface area contributed by atoms with Crippen molar-refractivity contribution in [1.82, 2.24) is 9.78 Å². The third kappa shape index (κ3) is 3.41. The Bertz CT molecular complexity index is 404. The van der Waals surface area contributed by atoms with Gasteiger partial charge in [0.2, 0.25) is 0 Å². The van der Waals surface area contributed by atoms with Crippen LogP contribution in [0.15, 0.2) is 5.03 Å². The quantitative estimate of drug-likeness (QED) is 0.609. The number of hydrogen-bond acceptors (Lipinski definition) is 5. The van der Waals surface area contributed by atoms with Crippen LogP contribution in [-0.4, -0.2) is 28.1 Å². The molecular formula is C12H21N3O2S. The predicted octanol–water partition coefficient (Wildman–Crippen LogP) is 2.55. The van der Waals surface area contributed by atoms with Gasteiger partial charge in [0.15, 0.2) is 0 Å². The summed E-state index contributed by atoms with van der Waals surface area (Å²) in [6, 6.07) is 0. The summed E-state index contributed by atoms with van der Waals surface area (Å²) in [7, 11) is 0. The zero-order valence-electron chi connectivity index (χ0n) is 11.2. The molecule has 5 nitrogen and oxygen atoms in total. The van der Waals surface area contributed by atoms with Crippen LogP contribution in [0, 0.1) is 0 Å². The van der Waals surface area contributed by atoms with Crippen LogP contribution >= 0.6 is 11.8 Å². The van der Waals surface area contributed by atoms with Crippen LogP contribution in [0.4, 0.5) is 5.82 Å². The smallest absolute Gasteiger partial charge is 0.344 e. The van der Waals surface area contributed by atoms with Crippen LogP contribution < -0.4 is 5.73 Å². The van der Waals surface area contributed by atoms with E-state index in [2.05, 4.69) is 12.0 Å². The van der Waals surface area contributed by atoms with E-state index in [1.807, 2.05) is 6.92 Å². The first kappa shape index (κ1) is 14.9. The molecule has 6 heteroatoms. The molecule has 0 aliphatic rings. The molecule has 18 heavy (non-hydrogen) atoms. The Hall–Kier alpha value is -1.17. The van der Waals surface area contributed by atoms with Crippen LogP contribution in [0.25, 0.3) is 0 Å². The van der Waals surface area contributed by atoms with E-state index >= 15 is 0 Å². The Morgan fingerprint density at radius 3 is 2.67 bits per heavy atom. The van der Waals surface area contributed by atoms with Crippen molar-refractivity contribution in [3.8, 4) is 0 Å². The summed E-state index contributed by atoms with van der Waals surface area (Å²) >= 11 is 1.55. The highest BCUT2D eigenvalue weighted by Gasteiger charge is 2.23. The fraction of sp³-hybridized carbons (Fsp3) is 0.667. The Balaban J connectivity index is 3.05. The molecule has 0 spiro atoms. The number of aromatic nitrogens is 2. The van der Waals surface area contributed by atoms with E-state index in [9.17, 15) is 4.79 Å². The molecule has 1 aromatic heterocycles. The molecule has 0 amide bonds. The number of nitrogens with zero attached hydrogens (tertiary/aromatic N) is 2. The van der Waals surface area contributed by atoms with Crippen molar-refractivity contribution < 1.29 is 9.53 Å². The molecule has 0 radical (unpaired) electrons. The summed E-state index contributed by atoms with van der Waals surface area (Å²) in [5.41, 5.74) is 6.40. The van der Waals surface area contributed by atoms with Crippen LogP contribution in [0.5, 0.6) is 0 Å². The molecule has 0 fully saturated rings. The summed E-state index contributed by atoms with van der Waals surface area (Å²) in [6.45, 7) is 6.97. The third-order valence-electron chi connectivity index (χ3n) is 2.32. The van der Waals surface area contributed by atoms with Crippen LogP contribution in [0.1, 0.15) is 44.0 Å². The standard InChI is InChI=1S/C12H21N3O2S/c1-4-7-15-10(13)9(12(16)17-6-3)11(14-15)18-8-5-2/h4-8,13H2,1-3H3. The van der Waals surface area contributed by atoms with E-state index in [4.69, 9.17) is 10.5 Å². The van der Waals surface area contributed by atoms with E-state index in [0.717, 1.165) is 18.6 Å². The molecule has 102 valence electrons. The second-order valence-electron chi connectivity index (χ2n) is 3.86. The molecule has 0 aliphatic carbocycles. The predicted molar refractivity (Wildman–Crippen MR) is 73.9 cm³/mol. The van der Waals surface area contributed by atoms with Gasteiger partial charge >= 0.3 is 5.97 Å². The van der Waals surface area contributed by atoms with E-state index in [1.165, 1.54) is 0 Å². The molecular weight excluding hydrogens is 250 g/mol. The Morgan fingerprint density at radius 2 is 2.11 bits per heavy atom. The largest absolute Gasteiger partial charge is 0.462 e. The topological polar surface area (TPSA) is 70.1 Å². The maximum atomic E-state index is 11.9. The Kier molecular flexibility index (Phi) is 6.04. The lowest BCUT2D eigenvalue weighted by Crippen LogP contribution is -2.10. The van der Waals surface area contributed by atoms with E-state index in [1.54, 1.807) is 23.4 Å². The van der Waals surface area contributed by atoms with Gasteiger partial charge < -0.3 is 10.5 Å². The Morgan fingerprint density at radius 1 is 1.39 bits per heavy atom. The highest BCUT2D eigenvalue weighted by Crippen LogP contribution is 2.27. The summed E-state index contributed by atoms with van der Waals surface area (Å²) < 4.78 is 6.72. The van der Waals surface area contributed by atoms with Crippen LogP contribution in [0.3, 0.4) is 0 Å². The van der Waals surface area contributed by atoms with Crippen LogP contribution in [-0.2, 0) is 11.3 Å². The molecule has 0 unspecified atom stereocenters. The van der Waals surface area contributed by atoms with Crippen molar-refractivity contribution in [2.45, 2.75) is 45.2 Å². The summed E-state index contributed by atoms with van der Waals surface area (Å²) in [4.78, 5) is 11.9. The lowest BCUT2D eigenvalue weighted by Gasteiger charge is -2.03. The molecule has 0 saturated carbocycles. The van der Waals surface area contributed by atoms with Gasteiger partial charge in [-0.3, -0.25) is 0 Å². The minimum atomic E-state index is -0.379. The van der Waals surface area contributed by atoms with Gasteiger partial charge in [-0.05, 0) is 25.5 Å². The normalized spacial score (nSPS) is 10.6. The second-order valence-corrected chi connectivity index (χ2v) is 4.94. The first-order valence-corrected chi connectivity index (χ1v) is 7.30. The first-order valence-electron chi connectivity index (χ1n) is 6.31. The van der Waals surface area contributed by atoms with Crippen LogP contribution in [0.2, 0.25) is 0 Å². The monoisotopic (exact) mass is 271 g/mol. The molecule has 2 N–H and O–H groups in total. The number of rotatable bonds is 7. The first-order chi connectivity index (χ1) is 8.65.